The molecule has 0 heterocycles. The van der Waals surface area contributed by atoms with Crippen LogP contribution in [0.1, 0.15) is 258 Å². The van der Waals surface area contributed by atoms with Crippen LogP contribution in [0.15, 0.2) is 122 Å². The van der Waals surface area contributed by atoms with E-state index in [1.807, 2.05) is 0 Å². The monoisotopic (exact) mass is 997 g/mol. The van der Waals surface area contributed by atoms with Gasteiger partial charge in [0.05, 0.1) is 0 Å². The van der Waals surface area contributed by atoms with Crippen LogP contribution in [0.2, 0.25) is 0 Å². The van der Waals surface area contributed by atoms with Gasteiger partial charge in [0.2, 0.25) is 0 Å². The Kier molecular flexibility index (Phi) is 55.9. The number of carbonyl (C=O) groups is 3. The van der Waals surface area contributed by atoms with Crippen molar-refractivity contribution in [3.8, 4) is 0 Å². The Morgan fingerprint density at radius 3 is 0.931 bits per heavy atom. The van der Waals surface area contributed by atoms with Gasteiger partial charge in [-0.1, -0.05) is 251 Å². The van der Waals surface area contributed by atoms with E-state index in [1.165, 1.54) is 77.0 Å². The summed E-state index contributed by atoms with van der Waals surface area (Å²) in [6.07, 6.45) is 81.9. The predicted molar refractivity (Wildman–Crippen MR) is 311 cm³/mol. The molecule has 0 aromatic heterocycles. The normalized spacial score (nSPS) is 13.0. The Labute approximate surface area is 443 Å². The summed E-state index contributed by atoms with van der Waals surface area (Å²) in [6, 6.07) is 0. The minimum Gasteiger partial charge on any atom is -0.462 e. The van der Waals surface area contributed by atoms with E-state index in [4.69, 9.17) is 14.2 Å². The molecule has 0 aliphatic heterocycles. The maximum absolute atomic E-state index is 12.8. The number of carbonyl (C=O) groups excluding carboxylic acids is 3. The first-order chi connectivity index (χ1) is 35.5. The van der Waals surface area contributed by atoms with Crippen LogP contribution < -0.4 is 0 Å². The van der Waals surface area contributed by atoms with Gasteiger partial charge in [0.15, 0.2) is 6.10 Å². The van der Waals surface area contributed by atoms with Crippen LogP contribution in [0.5, 0.6) is 0 Å². The standard InChI is InChI=1S/C66H108O6/c1-4-7-10-13-16-19-22-25-27-28-29-30-31-32-33-34-35-36-37-38-39-42-44-47-50-53-56-59-65(68)71-62-63(61-70-64(67)58-55-52-49-46-43-40-24-21-18-15-12-9-6-3)72-66(69)60-57-54-51-48-45-41-26-23-20-17-14-11-8-5-2/h7,10,12,15-16,19,21,24-25,27,29-30,32-33,35-36,38-39,44,47,63H,4-6,8-9,11,13-14,17-18,20,22-23,26,28,31,34,37,40-43,45-46,48-62H2,1-3H3/b10-7-,15-12-,19-16-,24-21-,27-25-,30-29-,33-32-,36-35-,39-38-,47-44-. The molecule has 0 bridgehead atoms. The minimum absolute atomic E-state index is 0.100. The lowest BCUT2D eigenvalue weighted by Crippen LogP contribution is -2.30. The molecule has 0 rings (SSSR count). The largest absolute Gasteiger partial charge is 0.462 e. The summed E-state index contributed by atoms with van der Waals surface area (Å²) in [5, 5.41) is 0. The summed E-state index contributed by atoms with van der Waals surface area (Å²) in [6.45, 7) is 6.41. The van der Waals surface area contributed by atoms with Gasteiger partial charge in [-0.2, -0.15) is 0 Å². The SMILES string of the molecule is CC/C=C\C/C=C\C/C=C\C/C=C\C/C=C\C/C=C\C/C=C\C/C=C\CCCCC(=O)OCC(COC(=O)CCCCCCC/C=C\C/C=C\CCC)OC(=O)CCCCCCCCCCCCCCCC. The van der Waals surface area contributed by atoms with E-state index in [9.17, 15) is 14.4 Å². The number of ether oxygens (including phenoxy) is 3. The topological polar surface area (TPSA) is 78.9 Å². The average Bonchev–Trinajstić information content (AvgIpc) is 3.38. The van der Waals surface area contributed by atoms with Gasteiger partial charge in [0, 0.05) is 19.3 Å². The number of esters is 3. The highest BCUT2D eigenvalue weighted by atomic mass is 16.6. The van der Waals surface area contributed by atoms with Crippen molar-refractivity contribution >= 4 is 17.9 Å². The van der Waals surface area contributed by atoms with Crippen molar-refractivity contribution in [3.05, 3.63) is 122 Å². The molecule has 0 spiro atoms. The van der Waals surface area contributed by atoms with Gasteiger partial charge < -0.3 is 14.2 Å². The molecule has 1 atom stereocenters. The second kappa shape index (κ2) is 59.4. The molecule has 0 aromatic carbocycles. The van der Waals surface area contributed by atoms with Gasteiger partial charge in [-0.15, -0.1) is 0 Å². The molecule has 0 fully saturated rings. The molecule has 0 amide bonds. The summed E-state index contributed by atoms with van der Waals surface area (Å²) in [5.74, 6) is -0.957. The zero-order valence-corrected chi connectivity index (χ0v) is 46.7. The molecule has 6 heteroatoms. The highest BCUT2D eigenvalue weighted by Gasteiger charge is 2.19. The zero-order chi connectivity index (χ0) is 52.2. The van der Waals surface area contributed by atoms with Crippen LogP contribution in [0.25, 0.3) is 0 Å². The Morgan fingerprint density at radius 1 is 0.292 bits per heavy atom. The summed E-state index contributed by atoms with van der Waals surface area (Å²) < 4.78 is 16.8. The third-order valence-corrected chi connectivity index (χ3v) is 12.2. The second-order valence-electron chi connectivity index (χ2n) is 19.2. The minimum atomic E-state index is -0.803. The number of hydrogen-bond donors (Lipinski definition) is 0. The van der Waals surface area contributed by atoms with Crippen LogP contribution in [0.3, 0.4) is 0 Å². The fraction of sp³-hybridized carbons (Fsp3) is 0.652. The molecule has 0 N–H and O–H groups in total. The Morgan fingerprint density at radius 2 is 0.569 bits per heavy atom. The van der Waals surface area contributed by atoms with Crippen molar-refractivity contribution in [1.29, 1.82) is 0 Å². The van der Waals surface area contributed by atoms with Gasteiger partial charge in [0.1, 0.15) is 13.2 Å². The smallest absolute Gasteiger partial charge is 0.306 e. The molecule has 72 heavy (non-hydrogen) atoms. The first kappa shape index (κ1) is 67.8. The van der Waals surface area contributed by atoms with Crippen LogP contribution >= 0.6 is 0 Å². The van der Waals surface area contributed by atoms with Gasteiger partial charge in [0.25, 0.3) is 0 Å². The second-order valence-corrected chi connectivity index (χ2v) is 19.2. The van der Waals surface area contributed by atoms with E-state index in [1.54, 1.807) is 0 Å². The highest BCUT2D eigenvalue weighted by Crippen LogP contribution is 2.15. The lowest BCUT2D eigenvalue weighted by molar-refractivity contribution is -0.167. The van der Waals surface area contributed by atoms with Crippen molar-refractivity contribution in [2.45, 2.75) is 264 Å². The van der Waals surface area contributed by atoms with Crippen LogP contribution in [-0.4, -0.2) is 37.2 Å². The number of hydrogen-bond acceptors (Lipinski definition) is 6. The van der Waals surface area contributed by atoms with Crippen molar-refractivity contribution in [3.63, 3.8) is 0 Å². The summed E-state index contributed by atoms with van der Waals surface area (Å²) >= 11 is 0. The van der Waals surface area contributed by atoms with E-state index < -0.39 is 6.10 Å². The van der Waals surface area contributed by atoms with E-state index in [-0.39, 0.29) is 31.1 Å². The summed E-state index contributed by atoms with van der Waals surface area (Å²) in [4.78, 5) is 38.1. The molecule has 1 unspecified atom stereocenters. The maximum Gasteiger partial charge on any atom is 0.306 e. The zero-order valence-electron chi connectivity index (χ0n) is 46.7. The Balaban J connectivity index is 4.42. The molecule has 0 radical (unpaired) electrons. The predicted octanol–water partition coefficient (Wildman–Crippen LogP) is 20.0. The Bertz CT molecular complexity index is 1520. The molecule has 408 valence electrons. The highest BCUT2D eigenvalue weighted by molar-refractivity contribution is 5.71. The van der Waals surface area contributed by atoms with Gasteiger partial charge in [-0.05, 0) is 109 Å². The first-order valence-electron chi connectivity index (χ1n) is 29.5. The summed E-state index contributed by atoms with van der Waals surface area (Å²) in [7, 11) is 0. The average molecular weight is 998 g/mol. The molecular weight excluding hydrogens is 889 g/mol. The van der Waals surface area contributed by atoms with E-state index in [0.717, 1.165) is 135 Å². The van der Waals surface area contributed by atoms with Crippen molar-refractivity contribution in [2.24, 2.45) is 0 Å². The summed E-state index contributed by atoms with van der Waals surface area (Å²) in [5.41, 5.74) is 0. The van der Waals surface area contributed by atoms with Gasteiger partial charge >= 0.3 is 17.9 Å². The quantitative estimate of drug-likeness (QED) is 0.0261. The van der Waals surface area contributed by atoms with Crippen molar-refractivity contribution in [2.75, 3.05) is 13.2 Å². The Hall–Kier alpha value is -4.19. The number of allylic oxidation sites excluding steroid dienone is 20. The lowest BCUT2D eigenvalue weighted by atomic mass is 10.0. The van der Waals surface area contributed by atoms with Gasteiger partial charge in [-0.3, -0.25) is 14.4 Å². The van der Waals surface area contributed by atoms with Crippen molar-refractivity contribution < 1.29 is 28.6 Å². The third kappa shape index (κ3) is 56.7. The fourth-order valence-corrected chi connectivity index (χ4v) is 7.79. The lowest BCUT2D eigenvalue weighted by Gasteiger charge is -2.18. The molecule has 0 aliphatic rings. The van der Waals surface area contributed by atoms with Crippen LogP contribution in [0.4, 0.5) is 0 Å². The molecule has 0 aromatic rings. The third-order valence-electron chi connectivity index (χ3n) is 12.2. The maximum atomic E-state index is 12.8. The number of unbranched alkanes of at least 4 members (excludes halogenated alkanes) is 21. The molecular formula is C66H108O6. The molecule has 0 saturated heterocycles. The van der Waals surface area contributed by atoms with Crippen LogP contribution in [0, 0.1) is 0 Å². The number of rotatable bonds is 52. The van der Waals surface area contributed by atoms with Crippen LogP contribution in [-0.2, 0) is 28.6 Å². The first-order valence-corrected chi connectivity index (χ1v) is 29.5. The molecule has 0 aliphatic carbocycles. The molecule has 0 saturated carbocycles. The van der Waals surface area contributed by atoms with Gasteiger partial charge in [-0.25, -0.2) is 0 Å². The van der Waals surface area contributed by atoms with E-state index >= 15 is 0 Å². The molecule has 6 nitrogen and oxygen atoms in total. The van der Waals surface area contributed by atoms with E-state index in [0.29, 0.717) is 25.7 Å². The van der Waals surface area contributed by atoms with Crippen molar-refractivity contribution in [1.82, 2.24) is 0 Å². The van der Waals surface area contributed by atoms with E-state index in [2.05, 4.69) is 142 Å². The fourth-order valence-electron chi connectivity index (χ4n) is 7.79.